The van der Waals surface area contributed by atoms with Crippen LogP contribution in [0.4, 0.5) is 8.78 Å². The van der Waals surface area contributed by atoms with E-state index in [1.807, 2.05) is 6.92 Å². The van der Waals surface area contributed by atoms with Crippen LogP contribution in [0.5, 0.6) is 5.75 Å². The molecule has 1 N–H and O–H groups in total. The van der Waals surface area contributed by atoms with Gasteiger partial charge in [0.1, 0.15) is 0 Å². The van der Waals surface area contributed by atoms with Crippen LogP contribution in [0.25, 0.3) is 0 Å². The van der Waals surface area contributed by atoms with Crippen molar-refractivity contribution >= 4 is 5.97 Å². The molecule has 0 aliphatic heterocycles. The second-order valence-electron chi connectivity index (χ2n) is 4.58. The Balaban J connectivity index is 2.77. The van der Waals surface area contributed by atoms with E-state index in [1.54, 1.807) is 6.92 Å². The number of hydrogen-bond acceptors (Lipinski definition) is 4. The van der Waals surface area contributed by atoms with Crippen LogP contribution in [0.3, 0.4) is 0 Å². The molecule has 0 amide bonds. The van der Waals surface area contributed by atoms with E-state index >= 15 is 0 Å². The monoisotopic (exact) mass is 301 g/mol. The molecule has 0 aliphatic rings. The Labute approximate surface area is 123 Å². The number of rotatable bonds is 8. The molecule has 118 valence electrons. The summed E-state index contributed by atoms with van der Waals surface area (Å²) in [6.07, 6.45) is -0.138. The zero-order valence-corrected chi connectivity index (χ0v) is 12.5. The number of halogens is 2. The summed E-state index contributed by atoms with van der Waals surface area (Å²) in [6, 6.07) is 2.39. The minimum Gasteiger partial charge on any atom is -0.473 e. The summed E-state index contributed by atoms with van der Waals surface area (Å²) < 4.78 is 37.5. The van der Waals surface area contributed by atoms with Gasteiger partial charge in [-0.25, -0.2) is 13.6 Å². The predicted molar refractivity (Wildman–Crippen MR) is 75.1 cm³/mol. The van der Waals surface area contributed by atoms with Crippen molar-refractivity contribution in [3.8, 4) is 5.75 Å². The van der Waals surface area contributed by atoms with E-state index in [4.69, 9.17) is 9.47 Å². The SMILES string of the molecule is CCCNCc1cc(F)c(OC(C)C(=O)OCC)c(F)c1. The lowest BCUT2D eigenvalue weighted by atomic mass is 10.2. The molecular formula is C15H21F2NO3. The highest BCUT2D eigenvalue weighted by atomic mass is 19.1. The minimum atomic E-state index is -1.07. The molecule has 6 heteroatoms. The number of hydrogen-bond donors (Lipinski definition) is 1. The fourth-order valence-electron chi connectivity index (χ4n) is 1.72. The molecule has 0 spiro atoms. The third-order valence-corrected chi connectivity index (χ3v) is 2.73. The molecule has 1 aromatic rings. The maximum Gasteiger partial charge on any atom is 0.347 e. The Kier molecular flexibility index (Phi) is 7.08. The minimum absolute atomic E-state index is 0.180. The Morgan fingerprint density at radius 2 is 1.90 bits per heavy atom. The summed E-state index contributed by atoms with van der Waals surface area (Å²) in [6.45, 7) is 6.34. The standard InChI is InChI=1S/C15H21F2NO3/c1-4-6-18-9-11-7-12(16)14(13(17)8-11)21-10(3)15(19)20-5-2/h7-8,10,18H,4-6,9H2,1-3H3. The normalized spacial score (nSPS) is 12.0. The Morgan fingerprint density at radius 3 is 2.43 bits per heavy atom. The first-order valence-electron chi connectivity index (χ1n) is 7.01. The van der Waals surface area contributed by atoms with Gasteiger partial charge >= 0.3 is 5.97 Å². The average Bonchev–Trinajstić information content (AvgIpc) is 2.43. The molecule has 0 bridgehead atoms. The van der Waals surface area contributed by atoms with Crippen molar-refractivity contribution in [3.63, 3.8) is 0 Å². The van der Waals surface area contributed by atoms with E-state index in [-0.39, 0.29) is 6.61 Å². The van der Waals surface area contributed by atoms with Crippen molar-refractivity contribution in [2.75, 3.05) is 13.2 Å². The van der Waals surface area contributed by atoms with Crippen LogP contribution < -0.4 is 10.1 Å². The maximum absolute atomic E-state index is 13.9. The van der Waals surface area contributed by atoms with Crippen LogP contribution in [0, 0.1) is 11.6 Å². The van der Waals surface area contributed by atoms with Gasteiger partial charge in [-0.2, -0.15) is 0 Å². The van der Waals surface area contributed by atoms with Gasteiger partial charge in [0.2, 0.25) is 0 Å². The number of carbonyl (C=O) groups is 1. The molecular weight excluding hydrogens is 280 g/mol. The lowest BCUT2D eigenvalue weighted by Gasteiger charge is -2.15. The molecule has 0 saturated heterocycles. The zero-order chi connectivity index (χ0) is 15.8. The average molecular weight is 301 g/mol. The summed E-state index contributed by atoms with van der Waals surface area (Å²) in [4.78, 5) is 11.4. The molecule has 0 fully saturated rings. The molecule has 0 heterocycles. The summed E-state index contributed by atoms with van der Waals surface area (Å²) in [5.41, 5.74) is 0.481. The predicted octanol–water partition coefficient (Wildman–Crippen LogP) is 2.79. The van der Waals surface area contributed by atoms with E-state index in [0.29, 0.717) is 12.1 Å². The van der Waals surface area contributed by atoms with Crippen molar-refractivity contribution < 1.29 is 23.0 Å². The van der Waals surface area contributed by atoms with Gasteiger partial charge in [0.15, 0.2) is 23.5 Å². The van der Waals surface area contributed by atoms with Gasteiger partial charge in [0.25, 0.3) is 0 Å². The van der Waals surface area contributed by atoms with Gasteiger partial charge in [-0.3, -0.25) is 0 Å². The smallest absolute Gasteiger partial charge is 0.347 e. The van der Waals surface area contributed by atoms with Crippen LogP contribution in [0.1, 0.15) is 32.8 Å². The lowest BCUT2D eigenvalue weighted by Crippen LogP contribution is -2.27. The highest BCUT2D eigenvalue weighted by molar-refractivity contribution is 5.74. The second-order valence-corrected chi connectivity index (χ2v) is 4.58. The van der Waals surface area contributed by atoms with Crippen LogP contribution in [-0.2, 0) is 16.1 Å². The summed E-state index contributed by atoms with van der Waals surface area (Å²) in [5.74, 6) is -2.89. The summed E-state index contributed by atoms with van der Waals surface area (Å²) in [7, 11) is 0. The highest BCUT2D eigenvalue weighted by Crippen LogP contribution is 2.24. The van der Waals surface area contributed by atoms with Gasteiger partial charge in [-0.1, -0.05) is 6.92 Å². The zero-order valence-electron chi connectivity index (χ0n) is 12.5. The number of benzene rings is 1. The van der Waals surface area contributed by atoms with E-state index < -0.39 is 29.5 Å². The van der Waals surface area contributed by atoms with E-state index in [2.05, 4.69) is 5.32 Å². The summed E-state index contributed by atoms with van der Waals surface area (Å²) in [5, 5.41) is 3.05. The number of nitrogens with one attached hydrogen (secondary N) is 1. The van der Waals surface area contributed by atoms with Crippen molar-refractivity contribution in [2.24, 2.45) is 0 Å². The summed E-state index contributed by atoms with van der Waals surface area (Å²) >= 11 is 0. The molecule has 1 rings (SSSR count). The Morgan fingerprint density at radius 1 is 1.29 bits per heavy atom. The van der Waals surface area contributed by atoms with Crippen LogP contribution >= 0.6 is 0 Å². The van der Waals surface area contributed by atoms with Gasteiger partial charge in [0.05, 0.1) is 6.61 Å². The third kappa shape index (κ3) is 5.30. The van der Waals surface area contributed by atoms with Gasteiger partial charge < -0.3 is 14.8 Å². The molecule has 1 unspecified atom stereocenters. The lowest BCUT2D eigenvalue weighted by molar-refractivity contribution is -0.150. The first-order chi connectivity index (χ1) is 9.99. The van der Waals surface area contributed by atoms with E-state index in [1.165, 1.54) is 19.1 Å². The molecule has 1 aromatic carbocycles. The highest BCUT2D eigenvalue weighted by Gasteiger charge is 2.21. The first-order valence-corrected chi connectivity index (χ1v) is 7.01. The maximum atomic E-state index is 13.9. The largest absolute Gasteiger partial charge is 0.473 e. The van der Waals surface area contributed by atoms with Gasteiger partial charge in [-0.05, 0) is 44.5 Å². The number of ether oxygens (including phenoxy) is 2. The van der Waals surface area contributed by atoms with Gasteiger partial charge in [-0.15, -0.1) is 0 Å². The van der Waals surface area contributed by atoms with Crippen LogP contribution in [-0.4, -0.2) is 25.2 Å². The Hall–Kier alpha value is -1.69. The van der Waals surface area contributed by atoms with Crippen molar-refractivity contribution in [1.82, 2.24) is 5.32 Å². The van der Waals surface area contributed by atoms with E-state index in [9.17, 15) is 13.6 Å². The van der Waals surface area contributed by atoms with Crippen molar-refractivity contribution in [2.45, 2.75) is 39.8 Å². The van der Waals surface area contributed by atoms with Gasteiger partial charge in [0, 0.05) is 6.54 Å². The fourth-order valence-corrected chi connectivity index (χ4v) is 1.72. The van der Waals surface area contributed by atoms with Crippen molar-refractivity contribution in [3.05, 3.63) is 29.3 Å². The molecule has 21 heavy (non-hydrogen) atoms. The number of carbonyl (C=O) groups excluding carboxylic acids is 1. The topological polar surface area (TPSA) is 47.6 Å². The molecule has 0 saturated carbocycles. The molecule has 1 atom stereocenters. The van der Waals surface area contributed by atoms with Crippen molar-refractivity contribution in [1.29, 1.82) is 0 Å². The van der Waals surface area contributed by atoms with E-state index in [0.717, 1.165) is 13.0 Å². The second kappa shape index (κ2) is 8.56. The van der Waals surface area contributed by atoms with Crippen LogP contribution in [0.2, 0.25) is 0 Å². The first kappa shape index (κ1) is 17.4. The van der Waals surface area contributed by atoms with Crippen LogP contribution in [0.15, 0.2) is 12.1 Å². The number of esters is 1. The Bertz CT molecular complexity index is 457. The molecule has 0 aliphatic carbocycles. The third-order valence-electron chi connectivity index (χ3n) is 2.73. The quantitative estimate of drug-likeness (QED) is 0.592. The molecule has 0 radical (unpaired) electrons. The fraction of sp³-hybridized carbons (Fsp3) is 0.533. The molecule has 0 aromatic heterocycles. The molecule has 4 nitrogen and oxygen atoms in total.